The predicted molar refractivity (Wildman–Crippen MR) is 134 cm³/mol. The average Bonchev–Trinajstić information content (AvgIpc) is 3.13. The third-order valence-electron chi connectivity index (χ3n) is 5.18. The van der Waals surface area contributed by atoms with Gasteiger partial charge in [0.05, 0.1) is 18.8 Å². The van der Waals surface area contributed by atoms with E-state index < -0.39 is 5.97 Å². The highest BCUT2D eigenvalue weighted by atomic mass is 16.5. The Morgan fingerprint density at radius 2 is 1.71 bits per heavy atom. The number of ether oxygens (including phenoxy) is 3. The number of nitrogens with zero attached hydrogens (tertiary/aromatic N) is 3. The minimum absolute atomic E-state index is 0.0302. The van der Waals surface area contributed by atoms with E-state index in [2.05, 4.69) is 11.9 Å². The van der Waals surface area contributed by atoms with E-state index in [1.54, 1.807) is 10.6 Å². The molecular formula is C27H39N3O4. The van der Waals surface area contributed by atoms with Crippen LogP contribution in [0.3, 0.4) is 0 Å². The van der Waals surface area contributed by atoms with Crippen molar-refractivity contribution in [3.8, 4) is 17.7 Å². The number of hydrogen-bond donors (Lipinski definition) is 0. The Labute approximate surface area is 203 Å². The van der Waals surface area contributed by atoms with Crippen molar-refractivity contribution in [2.24, 2.45) is 0 Å². The van der Waals surface area contributed by atoms with Crippen molar-refractivity contribution in [1.82, 2.24) is 9.38 Å². The van der Waals surface area contributed by atoms with Gasteiger partial charge in [0.2, 0.25) is 5.88 Å². The van der Waals surface area contributed by atoms with Gasteiger partial charge in [-0.3, -0.25) is 4.40 Å². The van der Waals surface area contributed by atoms with Crippen molar-refractivity contribution < 1.29 is 19.0 Å². The minimum atomic E-state index is -0.634. The summed E-state index contributed by atoms with van der Waals surface area (Å²) >= 11 is 0. The van der Waals surface area contributed by atoms with Crippen molar-refractivity contribution in [2.45, 2.75) is 98.2 Å². The third kappa shape index (κ3) is 8.40. The number of hydrogen-bond acceptors (Lipinski definition) is 6. The van der Waals surface area contributed by atoms with Crippen LogP contribution >= 0.6 is 0 Å². The van der Waals surface area contributed by atoms with Crippen LogP contribution in [-0.4, -0.2) is 34.2 Å². The Morgan fingerprint density at radius 1 is 1.06 bits per heavy atom. The van der Waals surface area contributed by atoms with Gasteiger partial charge < -0.3 is 14.2 Å². The number of aromatic nitrogens is 2. The maximum Gasteiger partial charge on any atom is 0.348 e. The second-order valence-electron chi connectivity index (χ2n) is 8.98. The maximum atomic E-state index is 12.6. The standard InChI is InChI=1S/C27H39N3O4/c1-6-7-8-9-10-11-12-13-17-32-27(31)22(19-28)18-23-26(34-21(4)5)29-25-24(33-20(2)3)15-14-16-30(23)25/h14-16,18,20-21H,6-13,17H2,1-5H3. The van der Waals surface area contributed by atoms with Gasteiger partial charge in [0.1, 0.15) is 17.3 Å². The molecule has 2 aromatic heterocycles. The highest BCUT2D eigenvalue weighted by Crippen LogP contribution is 2.29. The molecule has 0 radical (unpaired) electrons. The van der Waals surface area contributed by atoms with Gasteiger partial charge in [-0.1, -0.05) is 51.9 Å². The van der Waals surface area contributed by atoms with Crippen LogP contribution in [0.4, 0.5) is 0 Å². The maximum absolute atomic E-state index is 12.6. The van der Waals surface area contributed by atoms with Crippen LogP contribution in [0.25, 0.3) is 11.7 Å². The molecule has 2 heterocycles. The van der Waals surface area contributed by atoms with Gasteiger partial charge in [-0.25, -0.2) is 4.79 Å². The summed E-state index contributed by atoms with van der Waals surface area (Å²) in [5.41, 5.74) is 0.964. The minimum Gasteiger partial charge on any atom is -0.487 e. The van der Waals surface area contributed by atoms with Crippen molar-refractivity contribution in [3.05, 3.63) is 29.6 Å². The molecular weight excluding hydrogens is 430 g/mol. The lowest BCUT2D eigenvalue weighted by molar-refractivity contribution is -0.138. The summed E-state index contributed by atoms with van der Waals surface area (Å²) in [6, 6.07) is 5.63. The number of carbonyl (C=O) groups excluding carboxylic acids is 1. The molecule has 0 saturated heterocycles. The van der Waals surface area contributed by atoms with Gasteiger partial charge in [-0.2, -0.15) is 10.2 Å². The summed E-state index contributed by atoms with van der Waals surface area (Å²) in [4.78, 5) is 17.2. The molecule has 0 bridgehead atoms. The van der Waals surface area contributed by atoms with E-state index in [4.69, 9.17) is 14.2 Å². The molecule has 0 aliphatic rings. The summed E-state index contributed by atoms with van der Waals surface area (Å²) in [6.45, 7) is 10.2. The van der Waals surface area contributed by atoms with Crippen LogP contribution in [0.5, 0.6) is 11.6 Å². The van der Waals surface area contributed by atoms with Crippen LogP contribution in [0.2, 0.25) is 0 Å². The first kappa shape index (κ1) is 27.2. The number of imidazole rings is 1. The molecule has 0 N–H and O–H groups in total. The molecule has 7 nitrogen and oxygen atoms in total. The smallest absolute Gasteiger partial charge is 0.348 e. The molecule has 2 rings (SSSR count). The van der Waals surface area contributed by atoms with Gasteiger partial charge in [0, 0.05) is 6.20 Å². The molecule has 7 heteroatoms. The molecule has 0 aliphatic heterocycles. The molecule has 0 atom stereocenters. The summed E-state index contributed by atoms with van der Waals surface area (Å²) in [5, 5.41) is 9.64. The molecule has 0 saturated carbocycles. The number of rotatable bonds is 15. The number of fused-ring (bicyclic) bond motifs is 1. The molecule has 0 unspecified atom stereocenters. The van der Waals surface area contributed by atoms with Crippen LogP contribution in [-0.2, 0) is 9.53 Å². The first-order chi connectivity index (χ1) is 16.4. The fourth-order valence-corrected chi connectivity index (χ4v) is 3.58. The van der Waals surface area contributed by atoms with Crippen LogP contribution in [0.15, 0.2) is 23.9 Å². The van der Waals surface area contributed by atoms with Crippen LogP contribution in [0, 0.1) is 11.3 Å². The predicted octanol–water partition coefficient (Wildman–Crippen LogP) is 6.50. The van der Waals surface area contributed by atoms with Crippen molar-refractivity contribution in [3.63, 3.8) is 0 Å². The van der Waals surface area contributed by atoms with E-state index in [0.29, 0.717) is 29.6 Å². The first-order valence-electron chi connectivity index (χ1n) is 12.5. The van der Waals surface area contributed by atoms with Crippen LogP contribution < -0.4 is 9.47 Å². The largest absolute Gasteiger partial charge is 0.487 e. The lowest BCUT2D eigenvalue weighted by atomic mass is 10.1. The lowest BCUT2D eigenvalue weighted by Crippen LogP contribution is -2.09. The molecule has 2 aromatic rings. The second kappa shape index (κ2) is 14.3. The number of nitriles is 1. The Hall–Kier alpha value is -3.01. The summed E-state index contributed by atoms with van der Waals surface area (Å²) in [7, 11) is 0. The number of pyridine rings is 1. The van der Waals surface area contributed by atoms with E-state index in [9.17, 15) is 10.1 Å². The van der Waals surface area contributed by atoms with Gasteiger partial charge in [0.15, 0.2) is 11.4 Å². The van der Waals surface area contributed by atoms with Gasteiger partial charge in [-0.15, -0.1) is 0 Å². The zero-order valence-corrected chi connectivity index (χ0v) is 21.3. The molecule has 0 amide bonds. The average molecular weight is 470 g/mol. The Bertz CT molecular complexity index is 986. The molecule has 0 spiro atoms. The Balaban J connectivity index is 2.11. The molecule has 34 heavy (non-hydrogen) atoms. The van der Waals surface area contributed by atoms with E-state index in [0.717, 1.165) is 19.3 Å². The fourth-order valence-electron chi connectivity index (χ4n) is 3.58. The van der Waals surface area contributed by atoms with Crippen molar-refractivity contribution in [2.75, 3.05) is 6.61 Å². The Morgan fingerprint density at radius 3 is 2.32 bits per heavy atom. The Kier molecular flexibility index (Phi) is 11.5. The monoisotopic (exact) mass is 469 g/mol. The second-order valence-corrected chi connectivity index (χ2v) is 8.98. The summed E-state index contributed by atoms with van der Waals surface area (Å²) in [6.07, 6.45) is 12.4. The zero-order valence-electron chi connectivity index (χ0n) is 21.3. The van der Waals surface area contributed by atoms with Gasteiger partial charge in [0.25, 0.3) is 0 Å². The van der Waals surface area contributed by atoms with E-state index in [-0.39, 0.29) is 17.8 Å². The first-order valence-corrected chi connectivity index (χ1v) is 12.5. The van der Waals surface area contributed by atoms with E-state index in [1.165, 1.54) is 38.2 Å². The highest BCUT2D eigenvalue weighted by molar-refractivity contribution is 5.98. The normalized spacial score (nSPS) is 11.8. The topological polar surface area (TPSA) is 85.9 Å². The highest BCUT2D eigenvalue weighted by Gasteiger charge is 2.20. The van der Waals surface area contributed by atoms with Crippen LogP contribution in [0.1, 0.15) is 91.7 Å². The van der Waals surface area contributed by atoms with Gasteiger partial charge in [-0.05, 0) is 52.3 Å². The molecule has 0 aliphatic carbocycles. The van der Waals surface area contributed by atoms with E-state index in [1.807, 2.05) is 45.9 Å². The molecule has 0 aromatic carbocycles. The number of esters is 1. The van der Waals surface area contributed by atoms with Crippen molar-refractivity contribution in [1.29, 1.82) is 5.26 Å². The third-order valence-corrected chi connectivity index (χ3v) is 5.18. The fraction of sp³-hybridized carbons (Fsp3) is 0.593. The lowest BCUT2D eigenvalue weighted by Gasteiger charge is -2.10. The van der Waals surface area contributed by atoms with Crippen molar-refractivity contribution >= 4 is 17.7 Å². The SMILES string of the molecule is CCCCCCCCCCOC(=O)C(C#N)=Cc1c(OC(C)C)nc2c(OC(C)C)cccn12. The number of carbonyl (C=O) groups is 1. The quantitative estimate of drug-likeness (QED) is 0.128. The molecule has 186 valence electrons. The zero-order chi connectivity index (χ0) is 24.9. The molecule has 0 fully saturated rings. The van der Waals surface area contributed by atoms with E-state index >= 15 is 0 Å². The van der Waals surface area contributed by atoms with Gasteiger partial charge >= 0.3 is 5.97 Å². The number of unbranched alkanes of at least 4 members (excludes halogenated alkanes) is 7. The summed E-state index contributed by atoms with van der Waals surface area (Å²) < 4.78 is 18.9. The summed E-state index contributed by atoms with van der Waals surface area (Å²) in [5.74, 6) is 0.297.